The largest absolute Gasteiger partial charge is 0.504 e. The highest BCUT2D eigenvalue weighted by Gasteiger charge is 2.08. The standard InChI is InChI=1S/C30H29NO7/c1-37-28-16-21(3-9-23(28)15-20-4-10-24(11-5-20)31-30(36)19-32)6-12-25(33)18-26(34)13-7-22-8-14-27(35)29(17-22)38-2/h3-14,16-17,32,35H,15,18-19H2,1-2H3,(H,31,36). The highest BCUT2D eigenvalue weighted by Crippen LogP contribution is 2.27. The summed E-state index contributed by atoms with van der Waals surface area (Å²) in [4.78, 5) is 35.8. The zero-order chi connectivity index (χ0) is 27.5. The molecule has 1 amide bonds. The van der Waals surface area contributed by atoms with Crippen LogP contribution >= 0.6 is 0 Å². The minimum absolute atomic E-state index is 0.00112. The number of ether oxygens (including phenoxy) is 2. The minimum atomic E-state index is -0.574. The maximum Gasteiger partial charge on any atom is 0.250 e. The molecule has 8 nitrogen and oxygen atoms in total. The van der Waals surface area contributed by atoms with Gasteiger partial charge in [-0.1, -0.05) is 42.5 Å². The molecule has 3 aromatic carbocycles. The molecule has 0 saturated heterocycles. The van der Waals surface area contributed by atoms with Crippen LogP contribution in [0.3, 0.4) is 0 Å². The van der Waals surface area contributed by atoms with Gasteiger partial charge in [0.2, 0.25) is 5.91 Å². The van der Waals surface area contributed by atoms with E-state index in [1.807, 2.05) is 30.3 Å². The molecule has 3 rings (SSSR count). The van der Waals surface area contributed by atoms with Crippen molar-refractivity contribution in [2.45, 2.75) is 12.8 Å². The first kappa shape index (κ1) is 27.9. The molecule has 0 aliphatic rings. The molecule has 0 aliphatic carbocycles. The number of amides is 1. The number of methoxy groups -OCH3 is 2. The summed E-state index contributed by atoms with van der Waals surface area (Å²) in [5, 5.41) is 21.1. The molecule has 0 spiro atoms. The Morgan fingerprint density at radius 3 is 1.97 bits per heavy atom. The van der Waals surface area contributed by atoms with Crippen LogP contribution < -0.4 is 14.8 Å². The fourth-order valence-electron chi connectivity index (χ4n) is 3.60. The molecule has 38 heavy (non-hydrogen) atoms. The van der Waals surface area contributed by atoms with Crippen LogP contribution in [0.15, 0.2) is 72.8 Å². The van der Waals surface area contributed by atoms with Gasteiger partial charge in [-0.3, -0.25) is 14.4 Å². The number of hydrogen-bond acceptors (Lipinski definition) is 7. The highest BCUT2D eigenvalue weighted by atomic mass is 16.5. The van der Waals surface area contributed by atoms with E-state index in [4.69, 9.17) is 14.6 Å². The van der Waals surface area contributed by atoms with Crippen molar-refractivity contribution < 1.29 is 34.1 Å². The van der Waals surface area contributed by atoms with Crippen molar-refractivity contribution in [1.82, 2.24) is 0 Å². The third-order valence-corrected chi connectivity index (χ3v) is 5.56. The minimum Gasteiger partial charge on any atom is -0.504 e. The second-order valence-electron chi connectivity index (χ2n) is 8.36. The summed E-state index contributed by atoms with van der Waals surface area (Å²) in [5.41, 5.74) is 3.95. The molecule has 0 aromatic heterocycles. The molecule has 0 bridgehead atoms. The predicted octanol–water partition coefficient (Wildman–Crippen LogP) is 4.19. The number of aromatic hydroxyl groups is 1. The van der Waals surface area contributed by atoms with Gasteiger partial charge >= 0.3 is 0 Å². The van der Waals surface area contributed by atoms with Crippen molar-refractivity contribution in [3.63, 3.8) is 0 Å². The average molecular weight is 516 g/mol. The Morgan fingerprint density at radius 2 is 1.39 bits per heavy atom. The smallest absolute Gasteiger partial charge is 0.250 e. The quantitative estimate of drug-likeness (QED) is 0.244. The number of ketones is 2. The SMILES string of the molecule is COc1cc(C=CC(=O)CC(=O)C=Cc2ccc(Cc3ccc(NC(=O)CO)cc3)c(OC)c2)ccc1O. The summed E-state index contributed by atoms with van der Waals surface area (Å²) in [7, 11) is 3.00. The molecular formula is C30H29NO7. The Kier molecular flexibility index (Phi) is 9.96. The van der Waals surface area contributed by atoms with E-state index in [1.165, 1.54) is 25.3 Å². The maximum absolute atomic E-state index is 12.3. The van der Waals surface area contributed by atoms with E-state index < -0.39 is 12.5 Å². The van der Waals surface area contributed by atoms with Crippen LogP contribution in [0.1, 0.15) is 28.7 Å². The lowest BCUT2D eigenvalue weighted by Gasteiger charge is -2.10. The number of anilines is 1. The number of carbonyl (C=O) groups is 3. The van der Waals surface area contributed by atoms with Gasteiger partial charge in [-0.15, -0.1) is 0 Å². The number of phenolic OH excluding ortho intramolecular Hbond substituents is 1. The zero-order valence-electron chi connectivity index (χ0n) is 21.1. The van der Waals surface area contributed by atoms with Crippen LogP contribution in [-0.4, -0.2) is 48.5 Å². The van der Waals surface area contributed by atoms with Gasteiger partial charge in [-0.05, 0) is 64.7 Å². The number of aliphatic hydroxyl groups is 1. The van der Waals surface area contributed by atoms with Gasteiger partial charge in [-0.2, -0.15) is 0 Å². The first-order valence-corrected chi connectivity index (χ1v) is 11.8. The zero-order valence-corrected chi connectivity index (χ0v) is 21.1. The fraction of sp³-hybridized carbons (Fsp3) is 0.167. The van der Waals surface area contributed by atoms with Gasteiger partial charge in [0, 0.05) is 12.1 Å². The van der Waals surface area contributed by atoms with Crippen molar-refractivity contribution in [3.8, 4) is 17.2 Å². The van der Waals surface area contributed by atoms with E-state index in [1.54, 1.807) is 43.5 Å². The van der Waals surface area contributed by atoms with Crippen LogP contribution in [-0.2, 0) is 20.8 Å². The van der Waals surface area contributed by atoms with Crippen LogP contribution in [0.4, 0.5) is 5.69 Å². The topological polar surface area (TPSA) is 122 Å². The van der Waals surface area contributed by atoms with Crippen LogP contribution in [0.2, 0.25) is 0 Å². The Morgan fingerprint density at radius 1 is 0.816 bits per heavy atom. The van der Waals surface area contributed by atoms with Gasteiger partial charge in [0.25, 0.3) is 0 Å². The van der Waals surface area contributed by atoms with Gasteiger partial charge in [0.15, 0.2) is 23.1 Å². The van der Waals surface area contributed by atoms with E-state index in [2.05, 4.69) is 5.32 Å². The fourth-order valence-corrected chi connectivity index (χ4v) is 3.60. The first-order valence-electron chi connectivity index (χ1n) is 11.8. The predicted molar refractivity (Wildman–Crippen MR) is 145 cm³/mol. The van der Waals surface area contributed by atoms with Crippen molar-refractivity contribution in [2.24, 2.45) is 0 Å². The Balaban J connectivity index is 1.59. The molecule has 8 heteroatoms. The number of phenols is 1. The molecular weight excluding hydrogens is 486 g/mol. The van der Waals surface area contributed by atoms with E-state index in [-0.39, 0.29) is 23.7 Å². The molecule has 0 unspecified atom stereocenters. The molecule has 196 valence electrons. The summed E-state index contributed by atoms with van der Waals surface area (Å²) in [6.07, 6.45) is 6.20. The number of hydrogen-bond donors (Lipinski definition) is 3. The van der Waals surface area contributed by atoms with E-state index in [0.717, 1.165) is 16.7 Å². The highest BCUT2D eigenvalue weighted by molar-refractivity contribution is 6.10. The van der Waals surface area contributed by atoms with E-state index >= 15 is 0 Å². The van der Waals surface area contributed by atoms with Gasteiger partial charge in [0.1, 0.15) is 12.4 Å². The Labute approximate surface area is 220 Å². The number of nitrogens with one attached hydrogen (secondary N) is 1. The summed E-state index contributed by atoms with van der Waals surface area (Å²) < 4.78 is 10.6. The summed E-state index contributed by atoms with van der Waals surface area (Å²) in [6, 6.07) is 17.5. The van der Waals surface area contributed by atoms with Gasteiger partial charge < -0.3 is 25.0 Å². The molecule has 0 aliphatic heterocycles. The monoisotopic (exact) mass is 515 g/mol. The van der Waals surface area contributed by atoms with Crippen molar-refractivity contribution in [1.29, 1.82) is 0 Å². The van der Waals surface area contributed by atoms with Crippen LogP contribution in [0.5, 0.6) is 17.2 Å². The number of rotatable bonds is 12. The van der Waals surface area contributed by atoms with Crippen LogP contribution in [0, 0.1) is 0 Å². The second kappa shape index (κ2) is 13.6. The number of benzene rings is 3. The van der Waals surface area contributed by atoms with E-state index in [9.17, 15) is 19.5 Å². The summed E-state index contributed by atoms with van der Waals surface area (Å²) >= 11 is 0. The lowest BCUT2D eigenvalue weighted by molar-refractivity contribution is -0.122. The average Bonchev–Trinajstić information content (AvgIpc) is 2.92. The molecule has 3 aromatic rings. The Hall–Kier alpha value is -4.69. The molecule has 3 N–H and O–H groups in total. The lowest BCUT2D eigenvalue weighted by Crippen LogP contribution is -2.15. The number of allylic oxidation sites excluding steroid dienone is 2. The first-order chi connectivity index (χ1) is 18.3. The van der Waals surface area contributed by atoms with Crippen LogP contribution in [0.25, 0.3) is 12.2 Å². The normalized spacial score (nSPS) is 11.0. The third-order valence-electron chi connectivity index (χ3n) is 5.56. The summed E-state index contributed by atoms with van der Waals surface area (Å²) in [6.45, 7) is -0.574. The second-order valence-corrected chi connectivity index (χ2v) is 8.36. The maximum atomic E-state index is 12.3. The molecule has 0 fully saturated rings. The van der Waals surface area contributed by atoms with Crippen molar-refractivity contribution >= 4 is 35.3 Å². The molecule has 0 radical (unpaired) electrons. The van der Waals surface area contributed by atoms with Crippen molar-refractivity contribution in [3.05, 3.63) is 95.1 Å². The summed E-state index contributed by atoms with van der Waals surface area (Å²) in [5.74, 6) is -0.206. The third kappa shape index (κ3) is 8.18. The van der Waals surface area contributed by atoms with E-state index in [0.29, 0.717) is 29.2 Å². The number of aliphatic hydroxyl groups excluding tert-OH is 1. The van der Waals surface area contributed by atoms with Gasteiger partial charge in [-0.25, -0.2) is 0 Å². The van der Waals surface area contributed by atoms with Gasteiger partial charge in [0.05, 0.1) is 20.6 Å². The molecule has 0 atom stereocenters. The lowest BCUT2D eigenvalue weighted by atomic mass is 10.0. The van der Waals surface area contributed by atoms with Crippen molar-refractivity contribution in [2.75, 3.05) is 26.1 Å². The number of carbonyl (C=O) groups excluding carboxylic acids is 3. The Bertz CT molecular complexity index is 1360. The molecule has 0 heterocycles. The molecule has 0 saturated carbocycles.